The van der Waals surface area contributed by atoms with E-state index in [2.05, 4.69) is 6.58 Å². The van der Waals surface area contributed by atoms with Crippen molar-refractivity contribution < 1.29 is 24.2 Å². The Kier molecular flexibility index (Phi) is 2.74. The molecule has 0 aromatic rings. The van der Waals surface area contributed by atoms with Gasteiger partial charge in [0.2, 0.25) is 0 Å². The van der Waals surface area contributed by atoms with Gasteiger partial charge in [0.15, 0.2) is 11.6 Å². The van der Waals surface area contributed by atoms with Gasteiger partial charge in [0.05, 0.1) is 23.5 Å². The molecule has 25 heavy (non-hydrogen) atoms. The van der Waals surface area contributed by atoms with Gasteiger partial charge < -0.3 is 9.84 Å². The molecule has 134 valence electrons. The van der Waals surface area contributed by atoms with E-state index in [-0.39, 0.29) is 41.9 Å². The largest absolute Gasteiger partial charge is 0.385 e. The Morgan fingerprint density at radius 1 is 1.20 bits per heavy atom. The highest BCUT2D eigenvalue weighted by atomic mass is 16.5. The van der Waals surface area contributed by atoms with Gasteiger partial charge in [-0.05, 0) is 42.1 Å². The van der Waals surface area contributed by atoms with E-state index in [1.165, 1.54) is 0 Å². The van der Waals surface area contributed by atoms with Crippen LogP contribution in [0.2, 0.25) is 0 Å². The Labute approximate surface area is 146 Å². The first kappa shape index (κ1) is 15.9. The summed E-state index contributed by atoms with van der Waals surface area (Å²) in [5.41, 5.74) is -2.14. The van der Waals surface area contributed by atoms with E-state index in [0.717, 1.165) is 6.42 Å². The number of ether oxygens (including phenoxy) is 1. The number of Topliss-reactive ketones (excluding diaryl/α,β-unsaturated/α-hetero) is 3. The van der Waals surface area contributed by atoms with E-state index in [1.807, 2.05) is 13.8 Å². The molecule has 7 atom stereocenters. The van der Waals surface area contributed by atoms with E-state index in [9.17, 15) is 19.5 Å². The Morgan fingerprint density at radius 3 is 2.60 bits per heavy atom. The Morgan fingerprint density at radius 2 is 1.92 bits per heavy atom. The molecule has 4 saturated carbocycles. The van der Waals surface area contributed by atoms with E-state index < -0.39 is 28.3 Å². The Bertz CT molecular complexity index is 751. The van der Waals surface area contributed by atoms with Gasteiger partial charge in [-0.1, -0.05) is 20.4 Å². The average Bonchev–Trinajstić information content (AvgIpc) is 2.76. The second kappa shape index (κ2) is 4.32. The van der Waals surface area contributed by atoms with Crippen molar-refractivity contribution in [1.29, 1.82) is 0 Å². The average molecular weight is 344 g/mol. The van der Waals surface area contributed by atoms with Crippen molar-refractivity contribution in [2.24, 2.45) is 34.0 Å². The third-order valence-corrected chi connectivity index (χ3v) is 8.40. The summed E-state index contributed by atoms with van der Waals surface area (Å²) in [5, 5.41) is 11.1. The zero-order valence-electron chi connectivity index (χ0n) is 14.7. The molecule has 4 bridgehead atoms. The molecule has 0 radical (unpaired) electrons. The van der Waals surface area contributed by atoms with Gasteiger partial charge in [-0.3, -0.25) is 14.4 Å². The van der Waals surface area contributed by atoms with Crippen LogP contribution in [0.15, 0.2) is 12.2 Å². The van der Waals surface area contributed by atoms with Crippen molar-refractivity contribution in [1.82, 2.24) is 0 Å². The van der Waals surface area contributed by atoms with Crippen molar-refractivity contribution in [3.8, 4) is 0 Å². The lowest BCUT2D eigenvalue weighted by Crippen LogP contribution is -2.77. The molecule has 2 heterocycles. The Balaban J connectivity index is 1.78. The number of aliphatic hydroxyl groups excluding tert-OH is 1. The number of rotatable bonds is 0. The summed E-state index contributed by atoms with van der Waals surface area (Å²) in [6.07, 6.45) is 0.614. The second-order valence-corrected chi connectivity index (χ2v) is 9.43. The van der Waals surface area contributed by atoms with Crippen molar-refractivity contribution in [2.75, 3.05) is 6.61 Å². The normalized spacial score (nSPS) is 53.0. The minimum absolute atomic E-state index is 0.0109. The van der Waals surface area contributed by atoms with Crippen LogP contribution in [0, 0.1) is 34.0 Å². The van der Waals surface area contributed by atoms with Gasteiger partial charge in [-0.15, -0.1) is 0 Å². The fourth-order valence-electron chi connectivity index (χ4n) is 7.31. The third-order valence-electron chi connectivity index (χ3n) is 8.40. The lowest BCUT2D eigenvalue weighted by atomic mass is 9.37. The second-order valence-electron chi connectivity index (χ2n) is 9.43. The molecule has 0 unspecified atom stereocenters. The summed E-state index contributed by atoms with van der Waals surface area (Å²) in [4.78, 5) is 39.7. The quantitative estimate of drug-likeness (QED) is 0.532. The summed E-state index contributed by atoms with van der Waals surface area (Å²) < 4.78 is 6.04. The number of hydrogen-bond donors (Lipinski definition) is 1. The van der Waals surface area contributed by atoms with Crippen LogP contribution in [-0.2, 0) is 19.1 Å². The van der Waals surface area contributed by atoms with E-state index in [0.29, 0.717) is 24.8 Å². The van der Waals surface area contributed by atoms with Gasteiger partial charge in [0, 0.05) is 12.3 Å². The summed E-state index contributed by atoms with van der Waals surface area (Å²) in [6.45, 7) is 8.13. The summed E-state index contributed by atoms with van der Waals surface area (Å²) >= 11 is 0. The summed E-state index contributed by atoms with van der Waals surface area (Å²) in [5.74, 6) is -1.34. The van der Waals surface area contributed by atoms with Crippen molar-refractivity contribution in [3.05, 3.63) is 12.2 Å². The van der Waals surface area contributed by atoms with Crippen molar-refractivity contribution in [3.63, 3.8) is 0 Å². The van der Waals surface area contributed by atoms with E-state index >= 15 is 0 Å². The van der Waals surface area contributed by atoms with Gasteiger partial charge in [0.1, 0.15) is 11.9 Å². The third kappa shape index (κ3) is 1.42. The minimum Gasteiger partial charge on any atom is -0.385 e. The molecule has 0 amide bonds. The van der Waals surface area contributed by atoms with Crippen molar-refractivity contribution in [2.45, 2.75) is 51.7 Å². The zero-order valence-corrected chi connectivity index (χ0v) is 14.7. The SMILES string of the molecule is C=C1C(=O)[C@@]23C[C@H]1CC[C@H]2[C@@]12CO[C@H](CC1=O)C(C)(C)[C@H]2[C@H](O)C3=O. The maximum Gasteiger partial charge on any atom is 0.175 e. The number of carbonyl (C=O) groups excluding carboxylic acids is 3. The molecule has 2 spiro atoms. The van der Waals surface area contributed by atoms with Crippen LogP contribution >= 0.6 is 0 Å². The van der Waals surface area contributed by atoms with E-state index in [1.54, 1.807) is 0 Å². The molecule has 1 N–H and O–H groups in total. The van der Waals surface area contributed by atoms with Crippen LogP contribution in [0.5, 0.6) is 0 Å². The summed E-state index contributed by atoms with van der Waals surface area (Å²) in [7, 11) is 0. The predicted molar refractivity (Wildman–Crippen MR) is 87.5 cm³/mol. The minimum atomic E-state index is -1.28. The van der Waals surface area contributed by atoms with Crippen LogP contribution in [0.4, 0.5) is 0 Å². The molecular weight excluding hydrogens is 320 g/mol. The van der Waals surface area contributed by atoms with E-state index in [4.69, 9.17) is 4.74 Å². The van der Waals surface area contributed by atoms with Crippen LogP contribution in [-0.4, -0.2) is 41.3 Å². The first-order chi connectivity index (χ1) is 11.7. The maximum absolute atomic E-state index is 13.4. The maximum atomic E-state index is 13.4. The standard InChI is InChI=1S/C20H24O5/c1-9-10-4-5-11-19(7-10,16(9)23)17(24)14(22)15-18(2,3)13-6-12(21)20(11,15)8-25-13/h10-11,13-15,22H,1,4-8H2,2-3H3/t10-,11-,13-,14+,15-,19-,20+/m1/s1. The van der Waals surface area contributed by atoms with Crippen LogP contribution in [0.1, 0.15) is 39.5 Å². The predicted octanol–water partition coefficient (Wildman–Crippen LogP) is 1.47. The smallest absolute Gasteiger partial charge is 0.175 e. The molecule has 6 aliphatic rings. The molecule has 2 aliphatic heterocycles. The van der Waals surface area contributed by atoms with Crippen molar-refractivity contribution >= 4 is 17.3 Å². The number of hydrogen-bond acceptors (Lipinski definition) is 5. The highest BCUT2D eigenvalue weighted by Gasteiger charge is 2.79. The van der Waals surface area contributed by atoms with Crippen LogP contribution < -0.4 is 0 Å². The fraction of sp³-hybridized carbons (Fsp3) is 0.750. The lowest BCUT2D eigenvalue weighted by molar-refractivity contribution is -0.268. The molecule has 5 nitrogen and oxygen atoms in total. The molecule has 2 saturated heterocycles. The number of carbonyl (C=O) groups is 3. The molecule has 5 heteroatoms. The number of aliphatic hydroxyl groups is 1. The monoisotopic (exact) mass is 344 g/mol. The van der Waals surface area contributed by atoms with Crippen LogP contribution in [0.25, 0.3) is 0 Å². The first-order valence-electron chi connectivity index (χ1n) is 9.30. The molecule has 6 fully saturated rings. The molecule has 4 aliphatic carbocycles. The highest BCUT2D eigenvalue weighted by Crippen LogP contribution is 2.71. The Hall–Kier alpha value is -1.33. The van der Waals surface area contributed by atoms with Crippen LogP contribution in [0.3, 0.4) is 0 Å². The molecule has 6 rings (SSSR count). The highest BCUT2D eigenvalue weighted by molar-refractivity contribution is 6.19. The van der Waals surface area contributed by atoms with Gasteiger partial charge in [-0.2, -0.15) is 0 Å². The number of fused-ring (bicyclic) bond motifs is 3. The first-order valence-corrected chi connectivity index (χ1v) is 9.30. The summed E-state index contributed by atoms with van der Waals surface area (Å²) in [6, 6.07) is 0. The zero-order chi connectivity index (χ0) is 17.9. The lowest BCUT2D eigenvalue weighted by Gasteiger charge is -2.67. The van der Waals surface area contributed by atoms with Gasteiger partial charge in [0.25, 0.3) is 0 Å². The molecule has 0 aromatic heterocycles. The molecule has 0 aromatic carbocycles. The fourth-order valence-corrected chi connectivity index (χ4v) is 7.31. The van der Waals surface area contributed by atoms with Gasteiger partial charge in [-0.25, -0.2) is 0 Å². The topological polar surface area (TPSA) is 80.7 Å². The number of ketones is 3. The molecular formula is C20H24O5. The number of allylic oxidation sites excluding steroid dienone is 1. The van der Waals surface area contributed by atoms with Gasteiger partial charge >= 0.3 is 0 Å².